The number of ether oxygens (including phenoxy) is 2. The normalized spacial score (nSPS) is 16.0. The number of carbonyl (C=O) groups excluding carboxylic acids is 2. The highest BCUT2D eigenvalue weighted by atomic mass is 16.5. The van der Waals surface area contributed by atoms with Crippen LogP contribution in [0.25, 0.3) is 11.3 Å². The van der Waals surface area contributed by atoms with Crippen molar-refractivity contribution in [2.24, 2.45) is 5.92 Å². The van der Waals surface area contributed by atoms with E-state index in [1.54, 1.807) is 18.1 Å². The summed E-state index contributed by atoms with van der Waals surface area (Å²) in [6, 6.07) is 16.8. The van der Waals surface area contributed by atoms with Crippen LogP contribution in [0, 0.1) is 12.8 Å². The zero-order valence-electron chi connectivity index (χ0n) is 16.8. The Kier molecular flexibility index (Phi) is 5.52. The molecule has 0 spiro atoms. The summed E-state index contributed by atoms with van der Waals surface area (Å²) < 4.78 is 16.0. The molecule has 0 aliphatic carbocycles. The number of esters is 1. The molecule has 1 aromatic heterocycles. The van der Waals surface area contributed by atoms with E-state index in [9.17, 15) is 9.59 Å². The zero-order chi connectivity index (χ0) is 21.1. The SMILES string of the molecule is COc1ccccc1-c1cc(COC(=O)C2CC(=O)N(c3ccc(C)cc3)C2)on1. The minimum Gasteiger partial charge on any atom is -0.496 e. The van der Waals surface area contributed by atoms with Gasteiger partial charge >= 0.3 is 5.97 Å². The van der Waals surface area contributed by atoms with Crippen molar-refractivity contribution >= 4 is 17.6 Å². The first-order chi connectivity index (χ1) is 14.5. The molecule has 30 heavy (non-hydrogen) atoms. The molecule has 7 nitrogen and oxygen atoms in total. The molecule has 1 unspecified atom stereocenters. The van der Waals surface area contributed by atoms with Crippen LogP contribution in [0.5, 0.6) is 5.75 Å². The van der Waals surface area contributed by atoms with Gasteiger partial charge in [0, 0.05) is 30.3 Å². The number of hydrogen-bond acceptors (Lipinski definition) is 6. The Hall–Kier alpha value is -3.61. The van der Waals surface area contributed by atoms with Crippen molar-refractivity contribution in [3.8, 4) is 17.0 Å². The fourth-order valence-electron chi connectivity index (χ4n) is 3.46. The standard InChI is InChI=1S/C23H22N2O5/c1-15-7-9-17(10-8-15)25-13-16(11-22(25)26)23(27)29-14-18-12-20(24-30-18)19-5-3-4-6-21(19)28-2/h3-10,12,16H,11,13-14H2,1-2H3. The second kappa shape index (κ2) is 8.41. The van der Waals surface area contributed by atoms with Gasteiger partial charge in [0.15, 0.2) is 12.4 Å². The van der Waals surface area contributed by atoms with Gasteiger partial charge in [0.05, 0.1) is 13.0 Å². The van der Waals surface area contributed by atoms with E-state index in [0.717, 1.165) is 16.8 Å². The van der Waals surface area contributed by atoms with Gasteiger partial charge in [0.1, 0.15) is 11.4 Å². The van der Waals surface area contributed by atoms with Crippen LogP contribution in [0.3, 0.4) is 0 Å². The Balaban J connectivity index is 1.37. The number of anilines is 1. The first-order valence-corrected chi connectivity index (χ1v) is 9.68. The van der Waals surface area contributed by atoms with E-state index < -0.39 is 11.9 Å². The van der Waals surface area contributed by atoms with Crippen LogP contribution in [0.15, 0.2) is 59.1 Å². The van der Waals surface area contributed by atoms with E-state index in [1.807, 2.05) is 55.5 Å². The van der Waals surface area contributed by atoms with Crippen molar-refractivity contribution in [2.75, 3.05) is 18.6 Å². The van der Waals surface area contributed by atoms with E-state index in [1.165, 1.54) is 0 Å². The molecule has 0 bridgehead atoms. The number of hydrogen-bond donors (Lipinski definition) is 0. The number of aryl methyl sites for hydroxylation is 1. The zero-order valence-corrected chi connectivity index (χ0v) is 16.8. The molecule has 1 aliphatic rings. The van der Waals surface area contributed by atoms with Crippen LogP contribution in [-0.2, 0) is 20.9 Å². The molecule has 4 rings (SSSR count). The van der Waals surface area contributed by atoms with Crippen LogP contribution >= 0.6 is 0 Å². The van der Waals surface area contributed by atoms with Crippen LogP contribution in [-0.4, -0.2) is 30.7 Å². The van der Waals surface area contributed by atoms with Crippen LogP contribution in [0.2, 0.25) is 0 Å². The highest BCUT2D eigenvalue weighted by Crippen LogP contribution is 2.30. The average molecular weight is 406 g/mol. The third kappa shape index (κ3) is 4.05. The van der Waals surface area contributed by atoms with E-state index in [0.29, 0.717) is 23.7 Å². The quantitative estimate of drug-likeness (QED) is 0.580. The Morgan fingerprint density at radius 3 is 2.73 bits per heavy atom. The number of rotatable bonds is 6. The lowest BCUT2D eigenvalue weighted by Gasteiger charge is -2.16. The molecule has 2 aromatic carbocycles. The predicted octanol–water partition coefficient (Wildman–Crippen LogP) is 3.75. The lowest BCUT2D eigenvalue weighted by atomic mass is 10.1. The van der Waals surface area contributed by atoms with E-state index >= 15 is 0 Å². The second-order valence-electron chi connectivity index (χ2n) is 7.23. The van der Waals surface area contributed by atoms with Gasteiger partial charge in [0.2, 0.25) is 5.91 Å². The lowest BCUT2D eigenvalue weighted by Crippen LogP contribution is -2.26. The number of carbonyl (C=O) groups is 2. The molecular weight excluding hydrogens is 384 g/mol. The van der Waals surface area contributed by atoms with E-state index in [2.05, 4.69) is 5.16 Å². The molecule has 0 saturated carbocycles. The fourth-order valence-corrected chi connectivity index (χ4v) is 3.46. The van der Waals surface area contributed by atoms with Gasteiger partial charge in [-0.1, -0.05) is 35.0 Å². The molecule has 3 aromatic rings. The van der Waals surface area contributed by atoms with E-state index in [-0.39, 0.29) is 18.9 Å². The molecule has 1 amide bonds. The largest absolute Gasteiger partial charge is 0.496 e. The maximum absolute atomic E-state index is 12.5. The van der Waals surface area contributed by atoms with Crippen molar-refractivity contribution in [3.63, 3.8) is 0 Å². The minimum atomic E-state index is -0.504. The molecule has 1 atom stereocenters. The lowest BCUT2D eigenvalue weighted by molar-refractivity contribution is -0.150. The fraction of sp³-hybridized carbons (Fsp3) is 0.261. The van der Waals surface area contributed by atoms with Gasteiger partial charge in [-0.3, -0.25) is 9.59 Å². The highest BCUT2D eigenvalue weighted by molar-refractivity contribution is 5.99. The molecular formula is C23H22N2O5. The van der Waals surface area contributed by atoms with Crippen molar-refractivity contribution in [2.45, 2.75) is 20.0 Å². The third-order valence-corrected chi connectivity index (χ3v) is 5.10. The van der Waals surface area contributed by atoms with Crippen molar-refractivity contribution in [3.05, 3.63) is 65.9 Å². The Morgan fingerprint density at radius 2 is 1.97 bits per heavy atom. The van der Waals surface area contributed by atoms with Crippen molar-refractivity contribution in [1.82, 2.24) is 5.16 Å². The van der Waals surface area contributed by atoms with Gasteiger partial charge in [-0.25, -0.2) is 0 Å². The number of methoxy groups -OCH3 is 1. The summed E-state index contributed by atoms with van der Waals surface area (Å²) in [5.74, 6) is 0.0847. The number of nitrogens with zero attached hydrogens (tertiary/aromatic N) is 2. The first-order valence-electron chi connectivity index (χ1n) is 9.68. The summed E-state index contributed by atoms with van der Waals surface area (Å²) in [6.45, 7) is 2.25. The van der Waals surface area contributed by atoms with Gasteiger partial charge < -0.3 is 18.9 Å². The smallest absolute Gasteiger partial charge is 0.311 e. The Morgan fingerprint density at radius 1 is 1.20 bits per heavy atom. The third-order valence-electron chi connectivity index (χ3n) is 5.10. The summed E-state index contributed by atoms with van der Waals surface area (Å²) >= 11 is 0. The van der Waals surface area contributed by atoms with Crippen LogP contribution in [0.1, 0.15) is 17.7 Å². The Bertz CT molecular complexity index is 1060. The summed E-state index contributed by atoms with van der Waals surface area (Å²) in [5.41, 5.74) is 3.29. The van der Waals surface area contributed by atoms with Gasteiger partial charge in [0.25, 0.3) is 0 Å². The van der Waals surface area contributed by atoms with Gasteiger partial charge in [-0.2, -0.15) is 0 Å². The Labute approximate surface area is 174 Å². The maximum atomic E-state index is 12.5. The molecule has 1 aliphatic heterocycles. The highest BCUT2D eigenvalue weighted by Gasteiger charge is 2.36. The molecule has 0 radical (unpaired) electrons. The van der Waals surface area contributed by atoms with Crippen molar-refractivity contribution in [1.29, 1.82) is 0 Å². The molecule has 154 valence electrons. The number of aromatic nitrogens is 1. The summed E-state index contributed by atoms with van der Waals surface area (Å²) in [6.07, 6.45) is 0.135. The monoisotopic (exact) mass is 406 g/mol. The predicted molar refractivity (Wildman–Crippen MR) is 110 cm³/mol. The number of para-hydroxylation sites is 1. The first kappa shape index (κ1) is 19.7. The molecule has 1 saturated heterocycles. The summed E-state index contributed by atoms with van der Waals surface area (Å²) in [4.78, 5) is 26.5. The molecule has 0 N–H and O–H groups in total. The van der Waals surface area contributed by atoms with Crippen molar-refractivity contribution < 1.29 is 23.6 Å². The molecule has 2 heterocycles. The topological polar surface area (TPSA) is 81.9 Å². The van der Waals surface area contributed by atoms with Gasteiger partial charge in [-0.05, 0) is 31.2 Å². The minimum absolute atomic E-state index is 0.0454. The van der Waals surface area contributed by atoms with Crippen LogP contribution in [0.4, 0.5) is 5.69 Å². The summed E-state index contributed by atoms with van der Waals surface area (Å²) in [7, 11) is 1.59. The van der Waals surface area contributed by atoms with Crippen LogP contribution < -0.4 is 9.64 Å². The second-order valence-corrected chi connectivity index (χ2v) is 7.23. The molecule has 1 fully saturated rings. The van der Waals surface area contributed by atoms with Gasteiger partial charge in [-0.15, -0.1) is 0 Å². The van der Waals surface area contributed by atoms with E-state index in [4.69, 9.17) is 14.0 Å². The number of amides is 1. The average Bonchev–Trinajstić information content (AvgIpc) is 3.39. The number of benzene rings is 2. The summed E-state index contributed by atoms with van der Waals surface area (Å²) in [5, 5.41) is 4.03. The maximum Gasteiger partial charge on any atom is 0.311 e. The molecule has 7 heteroatoms.